The van der Waals surface area contributed by atoms with Crippen molar-refractivity contribution in [2.24, 2.45) is 7.05 Å². The Bertz CT molecular complexity index is 1230. The first-order valence-electron chi connectivity index (χ1n) is 16.8. The standard InChI is InChI=1S/C38H54ClN2O3/c1-4-5-6-7-8-9-10-11-12-13-14-15-16-19-28-44-37-23-22-33(29-35(37)39)31-41(30-32-24-26-40(2)27-25-32)38(42)34-20-17-18-21-36(34)43-3/h17-18,20-27,29H,4-16,19,28,30-31H2,1-3H3/q+1. The van der Waals surface area contributed by atoms with Crippen LogP contribution in [0.15, 0.2) is 67.0 Å². The highest BCUT2D eigenvalue weighted by molar-refractivity contribution is 6.32. The number of unbranched alkanes of at least 4 members (excludes halogenated alkanes) is 13. The fourth-order valence-electron chi connectivity index (χ4n) is 5.51. The van der Waals surface area contributed by atoms with Crippen molar-refractivity contribution in [1.82, 2.24) is 4.90 Å². The fourth-order valence-corrected chi connectivity index (χ4v) is 5.77. The number of amides is 1. The van der Waals surface area contributed by atoms with Gasteiger partial charge in [-0.1, -0.05) is 120 Å². The quantitative estimate of drug-likeness (QED) is 0.0828. The molecule has 0 aliphatic rings. The summed E-state index contributed by atoms with van der Waals surface area (Å²) in [6.45, 7) is 3.82. The van der Waals surface area contributed by atoms with Gasteiger partial charge < -0.3 is 14.4 Å². The second kappa shape index (κ2) is 20.8. The van der Waals surface area contributed by atoms with Crippen LogP contribution in [0.4, 0.5) is 0 Å². The summed E-state index contributed by atoms with van der Waals surface area (Å²) in [4.78, 5) is 15.5. The van der Waals surface area contributed by atoms with Crippen molar-refractivity contribution in [3.05, 3.63) is 88.7 Å². The summed E-state index contributed by atoms with van der Waals surface area (Å²) in [5.41, 5.74) is 2.53. The summed E-state index contributed by atoms with van der Waals surface area (Å²) in [5.74, 6) is 1.17. The molecule has 0 saturated heterocycles. The van der Waals surface area contributed by atoms with Gasteiger partial charge in [0, 0.05) is 25.2 Å². The molecule has 0 spiro atoms. The second-order valence-electron chi connectivity index (χ2n) is 11.9. The lowest BCUT2D eigenvalue weighted by Gasteiger charge is -2.24. The van der Waals surface area contributed by atoms with Crippen LogP contribution in [-0.2, 0) is 20.1 Å². The van der Waals surface area contributed by atoms with Gasteiger partial charge in [0.05, 0.1) is 24.3 Å². The molecular formula is C38H54ClN2O3+. The highest BCUT2D eigenvalue weighted by atomic mass is 35.5. The number of para-hydroxylation sites is 1. The van der Waals surface area contributed by atoms with Crippen molar-refractivity contribution >= 4 is 17.5 Å². The molecule has 0 aliphatic heterocycles. The average molecular weight is 622 g/mol. The number of halogens is 1. The maximum atomic E-state index is 13.7. The maximum Gasteiger partial charge on any atom is 0.258 e. The highest BCUT2D eigenvalue weighted by Crippen LogP contribution is 2.28. The van der Waals surface area contributed by atoms with Crippen LogP contribution in [0.5, 0.6) is 11.5 Å². The number of rotatable bonds is 22. The number of aromatic nitrogens is 1. The first-order valence-corrected chi connectivity index (χ1v) is 17.2. The first-order chi connectivity index (χ1) is 21.5. The molecule has 0 aliphatic carbocycles. The third-order valence-electron chi connectivity index (χ3n) is 8.17. The van der Waals surface area contributed by atoms with Crippen LogP contribution in [0.2, 0.25) is 5.02 Å². The smallest absolute Gasteiger partial charge is 0.258 e. The van der Waals surface area contributed by atoms with Gasteiger partial charge in [0.15, 0.2) is 12.4 Å². The Morgan fingerprint density at radius 1 is 0.727 bits per heavy atom. The molecule has 3 aromatic rings. The van der Waals surface area contributed by atoms with E-state index in [4.69, 9.17) is 21.1 Å². The van der Waals surface area contributed by atoms with Gasteiger partial charge in [0.2, 0.25) is 0 Å². The topological polar surface area (TPSA) is 42.7 Å². The predicted molar refractivity (Wildman–Crippen MR) is 181 cm³/mol. The Labute approximate surface area is 271 Å². The highest BCUT2D eigenvalue weighted by Gasteiger charge is 2.21. The van der Waals surface area contributed by atoms with E-state index in [2.05, 4.69) is 6.92 Å². The molecule has 2 aromatic carbocycles. The summed E-state index contributed by atoms with van der Waals surface area (Å²) in [6.07, 6.45) is 22.7. The second-order valence-corrected chi connectivity index (χ2v) is 12.3. The molecule has 240 valence electrons. The number of hydrogen-bond donors (Lipinski definition) is 0. The normalized spacial score (nSPS) is 11.0. The van der Waals surface area contributed by atoms with Crippen LogP contribution in [0.25, 0.3) is 0 Å². The van der Waals surface area contributed by atoms with Crippen LogP contribution in [0.3, 0.4) is 0 Å². The Balaban J connectivity index is 1.42. The summed E-state index contributed by atoms with van der Waals surface area (Å²) in [6, 6.07) is 17.2. The minimum atomic E-state index is -0.0927. The van der Waals surface area contributed by atoms with Crippen LogP contribution >= 0.6 is 11.6 Å². The minimum Gasteiger partial charge on any atom is -0.496 e. The molecule has 0 unspecified atom stereocenters. The molecule has 44 heavy (non-hydrogen) atoms. The van der Waals surface area contributed by atoms with E-state index >= 15 is 0 Å². The number of benzene rings is 2. The fraction of sp³-hybridized carbons (Fsp3) is 0.526. The number of aryl methyl sites for hydroxylation is 1. The third kappa shape index (κ3) is 12.9. The van der Waals surface area contributed by atoms with Gasteiger partial charge in [-0.15, -0.1) is 0 Å². The Kier molecular flexibility index (Phi) is 16.8. The number of hydrogen-bond acceptors (Lipinski definition) is 3. The monoisotopic (exact) mass is 621 g/mol. The number of pyridine rings is 1. The summed E-state index contributed by atoms with van der Waals surface area (Å²) in [5, 5.41) is 0.573. The Hall–Kier alpha value is -3.05. The molecule has 0 atom stereocenters. The molecule has 1 aromatic heterocycles. The zero-order valence-electron chi connectivity index (χ0n) is 27.4. The van der Waals surface area contributed by atoms with E-state index in [-0.39, 0.29) is 5.91 Å². The molecule has 0 bridgehead atoms. The van der Waals surface area contributed by atoms with Crippen molar-refractivity contribution in [1.29, 1.82) is 0 Å². The largest absolute Gasteiger partial charge is 0.496 e. The van der Waals surface area contributed by atoms with Gasteiger partial charge in [-0.25, -0.2) is 4.57 Å². The lowest BCUT2D eigenvalue weighted by Crippen LogP contribution is -2.31. The average Bonchev–Trinajstić information content (AvgIpc) is 3.04. The molecule has 0 radical (unpaired) electrons. The Morgan fingerprint density at radius 3 is 1.89 bits per heavy atom. The van der Waals surface area contributed by atoms with Crippen molar-refractivity contribution in [2.75, 3.05) is 13.7 Å². The van der Waals surface area contributed by atoms with Crippen molar-refractivity contribution < 1.29 is 18.8 Å². The summed E-state index contributed by atoms with van der Waals surface area (Å²) < 4.78 is 13.5. The molecule has 3 rings (SSSR count). The number of carbonyl (C=O) groups is 1. The summed E-state index contributed by atoms with van der Waals surface area (Å²) >= 11 is 6.65. The molecule has 0 saturated carbocycles. The SMILES string of the molecule is CCCCCCCCCCCCCCCCOc1ccc(CN(Cc2cc[n+](C)cc2)C(=O)c2ccccc2OC)cc1Cl. The van der Waals surface area contributed by atoms with E-state index in [1.54, 1.807) is 13.2 Å². The number of ether oxygens (including phenoxy) is 2. The van der Waals surface area contributed by atoms with Gasteiger partial charge in [-0.2, -0.15) is 0 Å². The van der Waals surface area contributed by atoms with E-state index in [9.17, 15) is 4.79 Å². The van der Waals surface area contributed by atoms with Crippen molar-refractivity contribution in [3.8, 4) is 11.5 Å². The zero-order chi connectivity index (χ0) is 31.4. The molecule has 5 nitrogen and oxygen atoms in total. The van der Waals surface area contributed by atoms with Crippen LogP contribution < -0.4 is 14.0 Å². The zero-order valence-corrected chi connectivity index (χ0v) is 28.1. The van der Waals surface area contributed by atoms with E-state index in [0.717, 1.165) is 17.5 Å². The molecule has 0 N–H and O–H groups in total. The van der Waals surface area contributed by atoms with E-state index < -0.39 is 0 Å². The molecule has 1 amide bonds. The molecule has 6 heteroatoms. The number of carbonyl (C=O) groups excluding carboxylic acids is 1. The minimum absolute atomic E-state index is 0.0927. The predicted octanol–water partition coefficient (Wildman–Crippen LogP) is 9.88. The van der Waals surface area contributed by atoms with Crippen LogP contribution in [0, 0.1) is 0 Å². The molecule has 0 fully saturated rings. The lowest BCUT2D eigenvalue weighted by molar-refractivity contribution is -0.671. The molecular weight excluding hydrogens is 568 g/mol. The van der Waals surface area contributed by atoms with Gasteiger partial charge in [-0.3, -0.25) is 4.79 Å². The first kappa shape index (κ1) is 35.4. The van der Waals surface area contributed by atoms with Crippen LogP contribution in [-0.4, -0.2) is 24.5 Å². The van der Waals surface area contributed by atoms with Gasteiger partial charge in [-0.05, 0) is 41.8 Å². The summed E-state index contributed by atoms with van der Waals surface area (Å²) in [7, 11) is 3.57. The lowest BCUT2D eigenvalue weighted by atomic mass is 10.0. The van der Waals surface area contributed by atoms with Crippen LogP contribution in [0.1, 0.15) is 118 Å². The maximum absolute atomic E-state index is 13.7. The van der Waals surface area contributed by atoms with E-state index in [1.165, 1.54) is 83.5 Å². The van der Waals surface area contributed by atoms with Gasteiger partial charge >= 0.3 is 0 Å². The number of methoxy groups -OCH3 is 1. The third-order valence-corrected chi connectivity index (χ3v) is 8.47. The van der Waals surface area contributed by atoms with Gasteiger partial charge in [0.1, 0.15) is 18.5 Å². The van der Waals surface area contributed by atoms with Crippen molar-refractivity contribution in [3.63, 3.8) is 0 Å². The number of nitrogens with zero attached hydrogens (tertiary/aromatic N) is 2. The van der Waals surface area contributed by atoms with Gasteiger partial charge in [0.25, 0.3) is 5.91 Å². The Morgan fingerprint density at radius 2 is 1.30 bits per heavy atom. The van der Waals surface area contributed by atoms with E-state index in [0.29, 0.717) is 41.8 Å². The van der Waals surface area contributed by atoms with E-state index in [1.807, 2.05) is 77.4 Å². The van der Waals surface area contributed by atoms with Crippen molar-refractivity contribution in [2.45, 2.75) is 110 Å². The molecule has 1 heterocycles.